The molecule has 4 nitrogen and oxygen atoms in total. The first-order valence-electron chi connectivity index (χ1n) is 9.22. The molecule has 0 aliphatic carbocycles. The summed E-state index contributed by atoms with van der Waals surface area (Å²) in [5.74, 6) is 1.06. The Hall–Kier alpha value is -1.97. The molecule has 4 heteroatoms. The first kappa shape index (κ1) is 16.9. The first-order chi connectivity index (χ1) is 11.7. The Balaban J connectivity index is 2.05. The predicted octanol–water partition coefficient (Wildman–Crippen LogP) is 4.38. The van der Waals surface area contributed by atoms with E-state index in [1.54, 1.807) is 0 Å². The summed E-state index contributed by atoms with van der Waals surface area (Å²) in [5.41, 5.74) is 3.04. The summed E-state index contributed by atoms with van der Waals surface area (Å²) >= 11 is 0. The molecule has 0 unspecified atom stereocenters. The Labute approximate surface area is 144 Å². The summed E-state index contributed by atoms with van der Waals surface area (Å²) in [5, 5.41) is 1.13. The number of aryl methyl sites for hydroxylation is 2. The average Bonchev–Trinajstić information content (AvgIpc) is 2.76. The van der Waals surface area contributed by atoms with E-state index in [1.807, 2.05) is 17.9 Å². The number of nitrogens with zero attached hydrogens (tertiary/aromatic N) is 2. The number of carbonyl (C=O) groups excluding carboxylic acids is 1. The van der Waals surface area contributed by atoms with Gasteiger partial charge in [0, 0.05) is 30.5 Å². The van der Waals surface area contributed by atoms with Gasteiger partial charge >= 0.3 is 0 Å². The third-order valence-corrected chi connectivity index (χ3v) is 5.01. The van der Waals surface area contributed by atoms with Crippen molar-refractivity contribution in [2.24, 2.45) is 0 Å². The van der Waals surface area contributed by atoms with Crippen molar-refractivity contribution in [1.82, 2.24) is 9.47 Å². The molecule has 1 fully saturated rings. The van der Waals surface area contributed by atoms with E-state index < -0.39 is 0 Å². The van der Waals surface area contributed by atoms with Crippen molar-refractivity contribution >= 4 is 16.8 Å². The van der Waals surface area contributed by atoms with Gasteiger partial charge in [0.1, 0.15) is 11.4 Å². The summed E-state index contributed by atoms with van der Waals surface area (Å²) in [4.78, 5) is 15.3. The highest BCUT2D eigenvalue weighted by Gasteiger charge is 2.25. The van der Waals surface area contributed by atoms with Crippen LogP contribution in [0.4, 0.5) is 0 Å². The molecular formula is C20H28N2O2. The number of benzene rings is 1. The molecular weight excluding hydrogens is 300 g/mol. The molecule has 1 saturated heterocycles. The van der Waals surface area contributed by atoms with E-state index in [4.69, 9.17) is 4.74 Å². The van der Waals surface area contributed by atoms with Crippen molar-refractivity contribution in [3.05, 3.63) is 29.5 Å². The molecule has 2 aromatic rings. The minimum Gasteiger partial charge on any atom is -0.494 e. The quantitative estimate of drug-likeness (QED) is 0.834. The number of hydrogen-bond donors (Lipinski definition) is 0. The van der Waals surface area contributed by atoms with Gasteiger partial charge in [-0.3, -0.25) is 4.79 Å². The van der Waals surface area contributed by atoms with Crippen LogP contribution in [-0.2, 0) is 6.54 Å². The lowest BCUT2D eigenvalue weighted by molar-refractivity contribution is 0.0750. The van der Waals surface area contributed by atoms with Gasteiger partial charge in [0.15, 0.2) is 0 Å². The fraction of sp³-hybridized carbons (Fsp3) is 0.550. The summed E-state index contributed by atoms with van der Waals surface area (Å²) in [6, 6.07) is 6.15. The van der Waals surface area contributed by atoms with Gasteiger partial charge < -0.3 is 14.2 Å². The number of ether oxygens (including phenoxy) is 1. The summed E-state index contributed by atoms with van der Waals surface area (Å²) < 4.78 is 7.80. The maximum atomic E-state index is 13.2. The molecule has 0 spiro atoms. The summed E-state index contributed by atoms with van der Waals surface area (Å²) in [7, 11) is 0. The van der Waals surface area contributed by atoms with E-state index in [0.717, 1.165) is 60.4 Å². The van der Waals surface area contributed by atoms with Crippen LogP contribution in [0.5, 0.6) is 5.75 Å². The molecule has 3 rings (SSSR count). The zero-order valence-corrected chi connectivity index (χ0v) is 15.1. The smallest absolute Gasteiger partial charge is 0.270 e. The molecule has 1 aliphatic rings. The van der Waals surface area contributed by atoms with Crippen LogP contribution in [0.1, 0.15) is 55.6 Å². The molecule has 1 aliphatic heterocycles. The Morgan fingerprint density at radius 2 is 1.83 bits per heavy atom. The molecule has 0 atom stereocenters. The van der Waals surface area contributed by atoms with Crippen molar-refractivity contribution in [3.63, 3.8) is 0 Å². The zero-order chi connectivity index (χ0) is 17.1. The second-order valence-electron chi connectivity index (χ2n) is 6.54. The number of carbonyl (C=O) groups is 1. The lowest BCUT2D eigenvalue weighted by atomic mass is 10.1. The van der Waals surface area contributed by atoms with Crippen molar-refractivity contribution in [3.8, 4) is 5.75 Å². The van der Waals surface area contributed by atoms with Crippen LogP contribution in [0.25, 0.3) is 10.9 Å². The fourth-order valence-electron chi connectivity index (χ4n) is 3.79. The number of aromatic nitrogens is 1. The summed E-state index contributed by atoms with van der Waals surface area (Å²) in [6.45, 7) is 9.37. The van der Waals surface area contributed by atoms with Gasteiger partial charge in [-0.15, -0.1) is 0 Å². The van der Waals surface area contributed by atoms with Crippen LogP contribution in [0.3, 0.4) is 0 Å². The van der Waals surface area contributed by atoms with Crippen LogP contribution in [-0.4, -0.2) is 35.1 Å². The Kier molecular flexibility index (Phi) is 5.12. The molecule has 0 bridgehead atoms. The SMILES string of the molecule is CCOc1ccc2c(c1)c(C)c(C(=O)N1CCCCCC1)n2CC. The van der Waals surface area contributed by atoms with Crippen LogP contribution < -0.4 is 4.74 Å². The van der Waals surface area contributed by atoms with Crippen LogP contribution in [0, 0.1) is 6.92 Å². The second-order valence-corrected chi connectivity index (χ2v) is 6.54. The molecule has 0 N–H and O–H groups in total. The molecule has 130 valence electrons. The van der Waals surface area contributed by atoms with Crippen molar-refractivity contribution in [1.29, 1.82) is 0 Å². The van der Waals surface area contributed by atoms with Gasteiger partial charge in [0.2, 0.25) is 0 Å². The minimum atomic E-state index is 0.186. The molecule has 1 amide bonds. The number of fused-ring (bicyclic) bond motifs is 1. The molecule has 1 aromatic heterocycles. The lowest BCUT2D eigenvalue weighted by Crippen LogP contribution is -2.33. The van der Waals surface area contributed by atoms with Crippen molar-refractivity contribution in [2.45, 2.75) is 53.0 Å². The number of likely N-dealkylation sites (tertiary alicyclic amines) is 1. The van der Waals surface area contributed by atoms with Crippen LogP contribution >= 0.6 is 0 Å². The lowest BCUT2D eigenvalue weighted by Gasteiger charge is -2.21. The third kappa shape index (κ3) is 3.02. The van der Waals surface area contributed by atoms with Gasteiger partial charge in [-0.25, -0.2) is 0 Å². The highest BCUT2D eigenvalue weighted by atomic mass is 16.5. The largest absolute Gasteiger partial charge is 0.494 e. The number of rotatable bonds is 4. The first-order valence-corrected chi connectivity index (χ1v) is 9.22. The average molecular weight is 328 g/mol. The summed E-state index contributed by atoms with van der Waals surface area (Å²) in [6.07, 6.45) is 4.70. The second kappa shape index (κ2) is 7.29. The van der Waals surface area contributed by atoms with E-state index in [1.165, 1.54) is 12.8 Å². The van der Waals surface area contributed by atoms with Gasteiger partial charge in [0.05, 0.1) is 6.61 Å². The number of hydrogen-bond acceptors (Lipinski definition) is 2. The highest BCUT2D eigenvalue weighted by Crippen LogP contribution is 2.30. The van der Waals surface area contributed by atoms with Gasteiger partial charge in [-0.2, -0.15) is 0 Å². The van der Waals surface area contributed by atoms with Gasteiger partial charge in [-0.1, -0.05) is 12.8 Å². The molecule has 0 saturated carbocycles. The fourth-order valence-corrected chi connectivity index (χ4v) is 3.79. The Bertz CT molecular complexity index is 725. The predicted molar refractivity (Wildman–Crippen MR) is 97.9 cm³/mol. The van der Waals surface area contributed by atoms with Crippen molar-refractivity contribution < 1.29 is 9.53 Å². The molecule has 0 radical (unpaired) electrons. The topological polar surface area (TPSA) is 34.5 Å². The van der Waals surface area contributed by atoms with E-state index in [9.17, 15) is 4.79 Å². The van der Waals surface area contributed by atoms with E-state index in [2.05, 4.69) is 30.5 Å². The minimum absolute atomic E-state index is 0.186. The highest BCUT2D eigenvalue weighted by molar-refractivity contribution is 6.02. The monoisotopic (exact) mass is 328 g/mol. The maximum Gasteiger partial charge on any atom is 0.270 e. The van der Waals surface area contributed by atoms with Crippen LogP contribution in [0.2, 0.25) is 0 Å². The van der Waals surface area contributed by atoms with E-state index in [0.29, 0.717) is 6.61 Å². The maximum absolute atomic E-state index is 13.2. The van der Waals surface area contributed by atoms with E-state index in [-0.39, 0.29) is 5.91 Å². The Morgan fingerprint density at radius 3 is 2.46 bits per heavy atom. The molecule has 2 heterocycles. The molecule has 1 aromatic carbocycles. The Morgan fingerprint density at radius 1 is 1.12 bits per heavy atom. The van der Waals surface area contributed by atoms with Crippen molar-refractivity contribution in [2.75, 3.05) is 19.7 Å². The van der Waals surface area contributed by atoms with Crippen LogP contribution in [0.15, 0.2) is 18.2 Å². The standard InChI is InChI=1S/C20H28N2O2/c1-4-22-18-11-10-16(24-5-2)14-17(18)15(3)19(22)20(23)21-12-8-6-7-9-13-21/h10-11,14H,4-9,12-13H2,1-3H3. The van der Waals surface area contributed by atoms with E-state index >= 15 is 0 Å². The molecule has 24 heavy (non-hydrogen) atoms. The third-order valence-electron chi connectivity index (χ3n) is 5.01. The number of amides is 1. The zero-order valence-electron chi connectivity index (χ0n) is 15.1. The van der Waals surface area contributed by atoms with Gasteiger partial charge in [-0.05, 0) is 57.4 Å². The van der Waals surface area contributed by atoms with Gasteiger partial charge in [0.25, 0.3) is 5.91 Å². The normalized spacial score (nSPS) is 15.5.